The predicted molar refractivity (Wildman–Crippen MR) is 64.9 cm³/mol. The summed E-state index contributed by atoms with van der Waals surface area (Å²) in [5, 5.41) is 13.8. The number of thioether (sulfide) groups is 1. The van der Waals surface area contributed by atoms with Crippen molar-refractivity contribution >= 4 is 23.3 Å². The van der Waals surface area contributed by atoms with E-state index in [0.717, 1.165) is 18.5 Å². The van der Waals surface area contributed by atoms with E-state index < -0.39 is 4.92 Å². The van der Waals surface area contributed by atoms with Gasteiger partial charge in [-0.3, -0.25) is 0 Å². The number of pyridine rings is 1. The summed E-state index contributed by atoms with van der Waals surface area (Å²) in [5.41, 5.74) is 0.863. The lowest BCUT2D eigenvalue weighted by atomic mass is 10.1. The maximum absolute atomic E-state index is 10.4. The maximum Gasteiger partial charge on any atom is 0.363 e. The van der Waals surface area contributed by atoms with Crippen LogP contribution in [0.3, 0.4) is 0 Å². The van der Waals surface area contributed by atoms with Crippen LogP contribution >= 0.6 is 11.8 Å². The highest BCUT2D eigenvalue weighted by Gasteiger charge is 2.14. The number of aromatic nitrogens is 1. The molecule has 0 amide bonds. The summed E-state index contributed by atoms with van der Waals surface area (Å²) in [7, 11) is 0. The van der Waals surface area contributed by atoms with Gasteiger partial charge in [-0.05, 0) is 40.3 Å². The van der Waals surface area contributed by atoms with Gasteiger partial charge in [-0.2, -0.15) is 11.8 Å². The minimum absolute atomic E-state index is 0.107. The minimum atomic E-state index is -0.485. The van der Waals surface area contributed by atoms with Crippen LogP contribution in [0, 0.1) is 10.1 Å². The van der Waals surface area contributed by atoms with Crippen LogP contribution in [-0.2, 0) is 0 Å². The third-order valence-corrected chi connectivity index (χ3v) is 3.58. The molecule has 1 aliphatic rings. The lowest BCUT2D eigenvalue weighted by Crippen LogP contribution is -2.24. The summed E-state index contributed by atoms with van der Waals surface area (Å²) < 4.78 is 0. The topological polar surface area (TPSA) is 68.1 Å². The van der Waals surface area contributed by atoms with Gasteiger partial charge in [-0.25, -0.2) is 0 Å². The number of anilines is 1. The van der Waals surface area contributed by atoms with E-state index in [-0.39, 0.29) is 5.82 Å². The van der Waals surface area contributed by atoms with Gasteiger partial charge in [0, 0.05) is 12.1 Å². The Morgan fingerprint density at radius 1 is 1.44 bits per heavy atom. The molecule has 0 aromatic carbocycles. The first-order chi connectivity index (χ1) is 7.75. The summed E-state index contributed by atoms with van der Waals surface area (Å²) in [4.78, 5) is 13.7. The van der Waals surface area contributed by atoms with Crippen molar-refractivity contribution in [3.05, 3.63) is 28.4 Å². The Kier molecular flexibility index (Phi) is 3.61. The van der Waals surface area contributed by atoms with E-state index in [1.54, 1.807) is 6.07 Å². The monoisotopic (exact) mass is 239 g/mol. The van der Waals surface area contributed by atoms with Crippen molar-refractivity contribution in [1.82, 2.24) is 4.98 Å². The van der Waals surface area contributed by atoms with Gasteiger partial charge in [0.1, 0.15) is 0 Å². The molecule has 5 nitrogen and oxygen atoms in total. The SMILES string of the molecule is O=[N+]([O-])c1ccc(NC2CCSCC2)cn1. The molecule has 0 saturated carbocycles. The normalized spacial score (nSPS) is 17.0. The molecule has 0 unspecified atom stereocenters. The molecule has 1 saturated heterocycles. The molecule has 1 aromatic rings. The molecule has 2 heterocycles. The Morgan fingerprint density at radius 3 is 2.75 bits per heavy atom. The van der Waals surface area contributed by atoms with Gasteiger partial charge in [0.2, 0.25) is 0 Å². The van der Waals surface area contributed by atoms with Crippen LogP contribution in [-0.4, -0.2) is 27.5 Å². The molecule has 1 aliphatic heterocycles. The molecular formula is C10H13N3O2S. The van der Waals surface area contributed by atoms with Gasteiger partial charge >= 0.3 is 5.82 Å². The molecule has 1 fully saturated rings. The summed E-state index contributed by atoms with van der Waals surface area (Å²) >= 11 is 1.97. The van der Waals surface area contributed by atoms with Crippen LogP contribution in [0.1, 0.15) is 12.8 Å². The van der Waals surface area contributed by atoms with Crippen molar-refractivity contribution in [2.75, 3.05) is 16.8 Å². The van der Waals surface area contributed by atoms with Crippen LogP contribution < -0.4 is 5.32 Å². The summed E-state index contributed by atoms with van der Waals surface area (Å²) in [6, 6.07) is 3.62. The Morgan fingerprint density at radius 2 is 2.19 bits per heavy atom. The Bertz CT molecular complexity index is 363. The quantitative estimate of drug-likeness (QED) is 0.647. The zero-order valence-electron chi connectivity index (χ0n) is 8.76. The lowest BCUT2D eigenvalue weighted by molar-refractivity contribution is -0.389. The third kappa shape index (κ3) is 2.85. The molecule has 0 aliphatic carbocycles. The van der Waals surface area contributed by atoms with E-state index >= 15 is 0 Å². The molecule has 0 spiro atoms. The number of nitrogens with one attached hydrogen (secondary N) is 1. The first-order valence-electron chi connectivity index (χ1n) is 5.20. The second-order valence-electron chi connectivity index (χ2n) is 3.69. The molecular weight excluding hydrogens is 226 g/mol. The van der Waals surface area contributed by atoms with Gasteiger partial charge in [-0.15, -0.1) is 0 Å². The first kappa shape index (κ1) is 11.2. The molecule has 0 bridgehead atoms. The van der Waals surface area contributed by atoms with Gasteiger partial charge in [0.25, 0.3) is 0 Å². The van der Waals surface area contributed by atoms with Crippen molar-refractivity contribution in [1.29, 1.82) is 0 Å². The fraction of sp³-hybridized carbons (Fsp3) is 0.500. The average Bonchev–Trinajstić information content (AvgIpc) is 2.31. The van der Waals surface area contributed by atoms with Gasteiger partial charge < -0.3 is 15.4 Å². The summed E-state index contributed by atoms with van der Waals surface area (Å²) in [5.74, 6) is 2.25. The molecule has 0 atom stereocenters. The number of hydrogen-bond acceptors (Lipinski definition) is 5. The zero-order valence-corrected chi connectivity index (χ0v) is 9.57. The van der Waals surface area contributed by atoms with E-state index in [9.17, 15) is 10.1 Å². The molecule has 2 rings (SSSR count). The highest BCUT2D eigenvalue weighted by molar-refractivity contribution is 7.99. The first-order valence-corrected chi connectivity index (χ1v) is 6.36. The van der Waals surface area contributed by atoms with Crippen LogP contribution in [0.4, 0.5) is 11.5 Å². The van der Waals surface area contributed by atoms with E-state index in [0.29, 0.717) is 6.04 Å². The van der Waals surface area contributed by atoms with Crippen molar-refractivity contribution in [3.8, 4) is 0 Å². The number of nitrogens with zero attached hydrogens (tertiary/aromatic N) is 2. The highest BCUT2D eigenvalue weighted by atomic mass is 32.2. The van der Waals surface area contributed by atoms with Crippen LogP contribution in [0.15, 0.2) is 18.3 Å². The number of rotatable bonds is 3. The van der Waals surface area contributed by atoms with Crippen molar-refractivity contribution in [2.45, 2.75) is 18.9 Å². The molecule has 1 aromatic heterocycles. The molecule has 1 N–H and O–H groups in total. The lowest BCUT2D eigenvalue weighted by Gasteiger charge is -2.22. The standard InChI is InChI=1S/C10H13N3O2S/c14-13(15)10-2-1-9(7-11-10)12-8-3-5-16-6-4-8/h1-2,7-8,12H,3-6H2. The van der Waals surface area contributed by atoms with Crippen molar-refractivity contribution in [2.24, 2.45) is 0 Å². The molecule has 86 valence electrons. The Hall–Kier alpha value is -1.30. The smallest absolute Gasteiger partial charge is 0.363 e. The molecule has 6 heteroatoms. The predicted octanol–water partition coefficient (Wildman–Crippen LogP) is 2.30. The Balaban J connectivity index is 1.96. The minimum Gasteiger partial charge on any atom is -0.379 e. The van der Waals surface area contributed by atoms with E-state index in [4.69, 9.17) is 0 Å². The van der Waals surface area contributed by atoms with Crippen molar-refractivity contribution < 1.29 is 4.92 Å². The fourth-order valence-electron chi connectivity index (χ4n) is 1.66. The second-order valence-corrected chi connectivity index (χ2v) is 4.92. The largest absolute Gasteiger partial charge is 0.379 e. The zero-order chi connectivity index (χ0) is 11.4. The summed E-state index contributed by atoms with van der Waals surface area (Å²) in [6.07, 6.45) is 3.81. The van der Waals surface area contributed by atoms with Gasteiger partial charge in [-0.1, -0.05) is 0 Å². The van der Waals surface area contributed by atoms with Gasteiger partial charge in [0.15, 0.2) is 6.20 Å². The van der Waals surface area contributed by atoms with Crippen LogP contribution in [0.5, 0.6) is 0 Å². The van der Waals surface area contributed by atoms with E-state index in [2.05, 4.69) is 10.3 Å². The average molecular weight is 239 g/mol. The van der Waals surface area contributed by atoms with Crippen LogP contribution in [0.2, 0.25) is 0 Å². The highest BCUT2D eigenvalue weighted by Crippen LogP contribution is 2.21. The fourth-order valence-corrected chi connectivity index (χ4v) is 2.76. The molecule has 0 radical (unpaired) electrons. The number of nitro groups is 1. The second kappa shape index (κ2) is 5.16. The van der Waals surface area contributed by atoms with E-state index in [1.807, 2.05) is 11.8 Å². The third-order valence-electron chi connectivity index (χ3n) is 2.53. The maximum atomic E-state index is 10.4. The van der Waals surface area contributed by atoms with Crippen LogP contribution in [0.25, 0.3) is 0 Å². The summed E-state index contributed by atoms with van der Waals surface area (Å²) in [6.45, 7) is 0. The molecule has 16 heavy (non-hydrogen) atoms. The van der Waals surface area contributed by atoms with E-state index in [1.165, 1.54) is 23.8 Å². The number of hydrogen-bond donors (Lipinski definition) is 1. The van der Waals surface area contributed by atoms with Crippen molar-refractivity contribution in [3.63, 3.8) is 0 Å². The van der Waals surface area contributed by atoms with Gasteiger partial charge in [0.05, 0.1) is 5.69 Å². The Labute approximate surface area is 97.8 Å².